The molecule has 0 saturated carbocycles. The molecule has 1 saturated heterocycles. The van der Waals surface area contributed by atoms with E-state index in [9.17, 15) is 4.79 Å². The molecule has 1 fully saturated rings. The maximum Gasteiger partial charge on any atom is 0.270 e. The first-order valence-electron chi connectivity index (χ1n) is 6.87. The first kappa shape index (κ1) is 13.9. The van der Waals surface area contributed by atoms with Crippen molar-refractivity contribution in [3.8, 4) is 0 Å². The summed E-state index contributed by atoms with van der Waals surface area (Å²) in [7, 11) is 2.10. The van der Waals surface area contributed by atoms with E-state index < -0.39 is 0 Å². The number of nitrogens with two attached hydrogens (primary N) is 1. The lowest BCUT2D eigenvalue weighted by Crippen LogP contribution is -2.52. The van der Waals surface area contributed by atoms with Gasteiger partial charge in [0, 0.05) is 37.9 Å². The minimum absolute atomic E-state index is 0.0883. The summed E-state index contributed by atoms with van der Waals surface area (Å²) in [4.78, 5) is 16.8. The van der Waals surface area contributed by atoms with Gasteiger partial charge in [0.25, 0.3) is 5.91 Å². The zero-order valence-electron chi connectivity index (χ0n) is 12.3. The summed E-state index contributed by atoms with van der Waals surface area (Å²) in [5.41, 5.74) is 7.18. The van der Waals surface area contributed by atoms with Crippen molar-refractivity contribution in [3.63, 3.8) is 0 Å². The average Bonchev–Trinajstić information content (AvgIpc) is 2.74. The zero-order valence-corrected chi connectivity index (χ0v) is 12.3. The number of carbonyl (C=O) groups excluding carboxylic acids is 1. The molecule has 1 aliphatic rings. The van der Waals surface area contributed by atoms with Crippen molar-refractivity contribution in [1.29, 1.82) is 0 Å². The van der Waals surface area contributed by atoms with Crippen LogP contribution in [0.25, 0.3) is 0 Å². The lowest BCUT2D eigenvalue weighted by Gasteiger charge is -2.37. The highest BCUT2D eigenvalue weighted by Gasteiger charge is 2.27. The number of aromatic nitrogens is 1. The van der Waals surface area contributed by atoms with Gasteiger partial charge in [0.2, 0.25) is 0 Å². The fourth-order valence-electron chi connectivity index (χ4n) is 2.49. The van der Waals surface area contributed by atoms with Crippen molar-refractivity contribution in [2.45, 2.75) is 32.9 Å². The monoisotopic (exact) mass is 264 g/mol. The second-order valence-corrected chi connectivity index (χ2v) is 5.74. The largest absolute Gasteiger partial charge is 0.397 e. The molecule has 19 heavy (non-hydrogen) atoms. The van der Waals surface area contributed by atoms with Crippen LogP contribution < -0.4 is 5.73 Å². The van der Waals surface area contributed by atoms with E-state index in [1.165, 1.54) is 0 Å². The second-order valence-electron chi connectivity index (χ2n) is 5.74. The number of hydrogen-bond donors (Lipinski definition) is 1. The fraction of sp³-hybridized carbons (Fsp3) is 0.643. The van der Waals surface area contributed by atoms with Crippen LogP contribution in [0.5, 0.6) is 0 Å². The van der Waals surface area contributed by atoms with E-state index in [0.29, 0.717) is 17.4 Å². The van der Waals surface area contributed by atoms with E-state index in [4.69, 9.17) is 5.73 Å². The van der Waals surface area contributed by atoms with Gasteiger partial charge in [-0.3, -0.25) is 4.79 Å². The zero-order chi connectivity index (χ0) is 14.2. The molecular formula is C14H24N4O. The van der Waals surface area contributed by atoms with Gasteiger partial charge in [-0.25, -0.2) is 0 Å². The van der Waals surface area contributed by atoms with E-state index >= 15 is 0 Å². The van der Waals surface area contributed by atoms with Gasteiger partial charge in [-0.05, 0) is 33.9 Å². The van der Waals surface area contributed by atoms with Crippen LogP contribution in [-0.4, -0.2) is 53.0 Å². The summed E-state index contributed by atoms with van der Waals surface area (Å²) in [5, 5.41) is 0. The van der Waals surface area contributed by atoms with Crippen LogP contribution in [0.4, 0.5) is 5.69 Å². The third-order valence-corrected chi connectivity index (χ3v) is 3.89. The Labute approximate surface area is 115 Å². The van der Waals surface area contributed by atoms with Crippen molar-refractivity contribution in [2.75, 3.05) is 32.4 Å². The van der Waals surface area contributed by atoms with E-state index in [1.54, 1.807) is 6.07 Å². The molecule has 0 aromatic carbocycles. The van der Waals surface area contributed by atoms with Crippen LogP contribution in [0.2, 0.25) is 0 Å². The number of hydrogen-bond acceptors (Lipinski definition) is 3. The van der Waals surface area contributed by atoms with Gasteiger partial charge in [0.05, 0.1) is 5.69 Å². The minimum atomic E-state index is 0.0883. The molecule has 1 atom stereocenters. The predicted molar refractivity (Wildman–Crippen MR) is 77.2 cm³/mol. The smallest absolute Gasteiger partial charge is 0.270 e. The molecule has 5 nitrogen and oxygen atoms in total. The molecule has 0 bridgehead atoms. The molecule has 2 rings (SSSR count). The summed E-state index contributed by atoms with van der Waals surface area (Å²) in [6, 6.07) is 2.42. The topological polar surface area (TPSA) is 54.5 Å². The Morgan fingerprint density at radius 1 is 1.42 bits per heavy atom. The molecule has 5 heteroatoms. The number of likely N-dealkylation sites (N-methyl/N-ethyl adjacent to an activating group) is 1. The van der Waals surface area contributed by atoms with Gasteiger partial charge < -0.3 is 20.1 Å². The summed E-state index contributed by atoms with van der Waals surface area (Å²) < 4.78 is 1.96. The Bertz CT molecular complexity index is 466. The van der Waals surface area contributed by atoms with Gasteiger partial charge in [-0.1, -0.05) is 0 Å². The average molecular weight is 264 g/mol. The Balaban J connectivity index is 2.20. The highest BCUT2D eigenvalue weighted by atomic mass is 16.2. The Morgan fingerprint density at radius 2 is 2.11 bits per heavy atom. The van der Waals surface area contributed by atoms with Crippen molar-refractivity contribution < 1.29 is 4.79 Å². The number of anilines is 1. The highest BCUT2D eigenvalue weighted by molar-refractivity contribution is 5.94. The first-order valence-corrected chi connectivity index (χ1v) is 6.87. The fourth-order valence-corrected chi connectivity index (χ4v) is 2.49. The van der Waals surface area contributed by atoms with E-state index in [-0.39, 0.29) is 11.9 Å². The number of amides is 1. The maximum absolute atomic E-state index is 12.6. The van der Waals surface area contributed by atoms with Crippen molar-refractivity contribution in [2.24, 2.45) is 0 Å². The second kappa shape index (κ2) is 5.25. The van der Waals surface area contributed by atoms with Gasteiger partial charge in [0.1, 0.15) is 5.69 Å². The number of nitrogen functional groups attached to an aromatic ring is 1. The Kier molecular flexibility index (Phi) is 3.85. The van der Waals surface area contributed by atoms with Gasteiger partial charge in [-0.15, -0.1) is 0 Å². The van der Waals surface area contributed by atoms with Gasteiger partial charge in [0.15, 0.2) is 0 Å². The molecule has 1 unspecified atom stereocenters. The molecule has 0 radical (unpaired) electrons. The molecule has 2 N–H and O–H groups in total. The van der Waals surface area contributed by atoms with Crippen LogP contribution in [0.15, 0.2) is 12.3 Å². The maximum atomic E-state index is 12.6. The third kappa shape index (κ3) is 2.76. The molecule has 0 spiro atoms. The number of nitrogens with zero attached hydrogens (tertiary/aromatic N) is 3. The summed E-state index contributed by atoms with van der Waals surface area (Å²) in [6.07, 6.45) is 1.84. The van der Waals surface area contributed by atoms with Crippen molar-refractivity contribution >= 4 is 11.6 Å². The lowest BCUT2D eigenvalue weighted by molar-refractivity contribution is 0.0561. The van der Waals surface area contributed by atoms with Gasteiger partial charge >= 0.3 is 0 Å². The molecule has 1 amide bonds. The van der Waals surface area contributed by atoms with Crippen LogP contribution in [-0.2, 0) is 0 Å². The van der Waals surface area contributed by atoms with E-state index in [0.717, 1.165) is 19.6 Å². The molecule has 1 aliphatic heterocycles. The molecule has 0 aliphatic carbocycles. The van der Waals surface area contributed by atoms with Crippen LogP contribution >= 0.6 is 0 Å². The van der Waals surface area contributed by atoms with Crippen molar-refractivity contribution in [1.82, 2.24) is 14.4 Å². The number of piperazine rings is 1. The summed E-state index contributed by atoms with van der Waals surface area (Å²) in [5.74, 6) is 0.0883. The Hall–Kier alpha value is -1.49. The molecule has 106 valence electrons. The standard InChI is InChI=1S/C14H24N4O/c1-10(2)18-9-12(15)7-13(18)14(19)17-6-5-16(4)11(3)8-17/h7,9-11H,5-6,8,15H2,1-4H3. The normalized spacial score (nSPS) is 21.1. The molecular weight excluding hydrogens is 240 g/mol. The first-order chi connectivity index (χ1) is 8.90. The highest BCUT2D eigenvalue weighted by Crippen LogP contribution is 2.19. The van der Waals surface area contributed by atoms with Gasteiger partial charge in [-0.2, -0.15) is 0 Å². The predicted octanol–water partition coefficient (Wildman–Crippen LogP) is 1.43. The number of carbonyl (C=O) groups is 1. The minimum Gasteiger partial charge on any atom is -0.397 e. The summed E-state index contributed by atoms with van der Waals surface area (Å²) in [6.45, 7) is 8.74. The lowest BCUT2D eigenvalue weighted by atomic mass is 10.2. The molecule has 1 aromatic heterocycles. The Morgan fingerprint density at radius 3 is 2.68 bits per heavy atom. The van der Waals surface area contributed by atoms with Crippen LogP contribution in [0, 0.1) is 0 Å². The van der Waals surface area contributed by atoms with Crippen LogP contribution in [0.1, 0.15) is 37.3 Å². The number of rotatable bonds is 2. The SMILES string of the molecule is CC1CN(C(=O)c2cc(N)cn2C(C)C)CCN1C. The third-order valence-electron chi connectivity index (χ3n) is 3.89. The van der Waals surface area contributed by atoms with E-state index in [2.05, 4.69) is 32.7 Å². The van der Waals surface area contributed by atoms with E-state index in [1.807, 2.05) is 15.7 Å². The quantitative estimate of drug-likeness (QED) is 0.879. The molecule has 2 heterocycles. The molecule has 1 aromatic rings. The van der Waals surface area contributed by atoms with Crippen LogP contribution in [0.3, 0.4) is 0 Å². The summed E-state index contributed by atoms with van der Waals surface area (Å²) >= 11 is 0. The van der Waals surface area contributed by atoms with Crippen molar-refractivity contribution in [3.05, 3.63) is 18.0 Å².